The van der Waals surface area contributed by atoms with Gasteiger partial charge in [-0.2, -0.15) is 0 Å². The molecule has 0 bridgehead atoms. The predicted octanol–water partition coefficient (Wildman–Crippen LogP) is 2.39. The molecule has 0 saturated carbocycles. The normalized spacial score (nSPS) is 25.6. The predicted molar refractivity (Wildman–Crippen MR) is 66.8 cm³/mol. The Hall–Kier alpha value is -0.570. The van der Waals surface area contributed by atoms with Gasteiger partial charge in [0.25, 0.3) is 0 Å². The van der Waals surface area contributed by atoms with Crippen molar-refractivity contribution >= 4 is 11.6 Å². The molecule has 1 saturated heterocycles. The van der Waals surface area contributed by atoms with E-state index in [0.717, 1.165) is 24.4 Å². The van der Waals surface area contributed by atoms with Gasteiger partial charge in [0.2, 0.25) is 0 Å². The minimum Gasteiger partial charge on any atom is -0.394 e. The molecule has 0 aromatic heterocycles. The highest BCUT2D eigenvalue weighted by Crippen LogP contribution is 2.24. The zero-order valence-electron chi connectivity index (χ0n) is 9.38. The van der Waals surface area contributed by atoms with Crippen LogP contribution in [-0.4, -0.2) is 23.8 Å². The number of nitrogens with one attached hydrogen (secondary N) is 1. The summed E-state index contributed by atoms with van der Waals surface area (Å²) in [7, 11) is 0. The van der Waals surface area contributed by atoms with Gasteiger partial charge in [0, 0.05) is 10.6 Å². The lowest BCUT2D eigenvalue weighted by Crippen LogP contribution is -2.53. The first kappa shape index (κ1) is 11.9. The molecular weight excluding hydrogens is 222 g/mol. The summed E-state index contributed by atoms with van der Waals surface area (Å²) in [6.45, 7) is 1.21. The van der Waals surface area contributed by atoms with Gasteiger partial charge in [0.1, 0.15) is 0 Å². The summed E-state index contributed by atoms with van der Waals surface area (Å²) in [5, 5.41) is 13.8. The topological polar surface area (TPSA) is 32.3 Å². The second kappa shape index (κ2) is 5.17. The standard InChI is InChI=1S/C13H18ClNO/c14-12-5-3-11(4-6-12)9-13(10-16)7-1-2-8-15-13/h3-6,15-16H,1-2,7-10H2. The second-order valence-electron chi connectivity index (χ2n) is 4.63. The van der Waals surface area contributed by atoms with E-state index in [0.29, 0.717) is 0 Å². The molecule has 1 aromatic rings. The number of hydrogen-bond donors (Lipinski definition) is 2. The van der Waals surface area contributed by atoms with Crippen LogP contribution in [0.3, 0.4) is 0 Å². The van der Waals surface area contributed by atoms with Crippen LogP contribution in [0.2, 0.25) is 5.02 Å². The van der Waals surface area contributed by atoms with Gasteiger partial charge in [0.05, 0.1) is 6.61 Å². The van der Waals surface area contributed by atoms with Crippen LogP contribution in [0.25, 0.3) is 0 Å². The monoisotopic (exact) mass is 239 g/mol. The molecule has 1 fully saturated rings. The number of rotatable bonds is 3. The van der Waals surface area contributed by atoms with Gasteiger partial charge in [-0.1, -0.05) is 30.2 Å². The van der Waals surface area contributed by atoms with Crippen molar-refractivity contribution in [3.63, 3.8) is 0 Å². The molecule has 0 aliphatic carbocycles. The smallest absolute Gasteiger partial charge is 0.0616 e. The lowest BCUT2D eigenvalue weighted by molar-refractivity contribution is 0.131. The minimum atomic E-state index is -0.119. The Bertz CT molecular complexity index is 330. The summed E-state index contributed by atoms with van der Waals surface area (Å²) in [4.78, 5) is 0. The van der Waals surface area contributed by atoms with Crippen LogP contribution in [0, 0.1) is 0 Å². The maximum absolute atomic E-state index is 9.57. The van der Waals surface area contributed by atoms with Crippen molar-refractivity contribution in [2.45, 2.75) is 31.2 Å². The van der Waals surface area contributed by atoms with E-state index in [1.54, 1.807) is 0 Å². The lowest BCUT2D eigenvalue weighted by Gasteiger charge is -2.37. The van der Waals surface area contributed by atoms with E-state index in [9.17, 15) is 5.11 Å². The molecule has 0 amide bonds. The van der Waals surface area contributed by atoms with E-state index < -0.39 is 0 Å². The van der Waals surface area contributed by atoms with Crippen molar-refractivity contribution in [1.29, 1.82) is 0 Å². The highest BCUT2D eigenvalue weighted by molar-refractivity contribution is 6.30. The number of piperidine rings is 1. The van der Waals surface area contributed by atoms with E-state index in [-0.39, 0.29) is 12.1 Å². The molecule has 1 unspecified atom stereocenters. The summed E-state index contributed by atoms with van der Waals surface area (Å²) in [6, 6.07) is 7.89. The molecule has 0 radical (unpaired) electrons. The molecule has 2 N–H and O–H groups in total. The van der Waals surface area contributed by atoms with Crippen LogP contribution in [0.1, 0.15) is 24.8 Å². The third kappa shape index (κ3) is 2.76. The molecule has 1 aliphatic heterocycles. The van der Waals surface area contributed by atoms with Gasteiger partial charge in [0.15, 0.2) is 0 Å². The Kier molecular flexibility index (Phi) is 3.85. The molecule has 88 valence electrons. The van der Waals surface area contributed by atoms with E-state index in [1.807, 2.05) is 24.3 Å². The van der Waals surface area contributed by atoms with Gasteiger partial charge in [-0.15, -0.1) is 0 Å². The highest BCUT2D eigenvalue weighted by Gasteiger charge is 2.30. The van der Waals surface area contributed by atoms with Crippen molar-refractivity contribution in [3.8, 4) is 0 Å². The Balaban J connectivity index is 2.08. The maximum atomic E-state index is 9.57. The summed E-state index contributed by atoms with van der Waals surface area (Å²) in [5.41, 5.74) is 1.11. The fourth-order valence-electron chi connectivity index (χ4n) is 2.37. The average Bonchev–Trinajstić information content (AvgIpc) is 2.33. The Morgan fingerprint density at radius 1 is 1.25 bits per heavy atom. The van der Waals surface area contributed by atoms with Crippen LogP contribution in [0.4, 0.5) is 0 Å². The molecule has 1 heterocycles. The molecule has 0 spiro atoms. The zero-order valence-corrected chi connectivity index (χ0v) is 10.1. The lowest BCUT2D eigenvalue weighted by atomic mass is 9.84. The average molecular weight is 240 g/mol. The number of benzene rings is 1. The van der Waals surface area contributed by atoms with Crippen LogP contribution >= 0.6 is 11.6 Å². The van der Waals surface area contributed by atoms with Gasteiger partial charge in [-0.3, -0.25) is 0 Å². The summed E-state index contributed by atoms with van der Waals surface area (Å²) in [5.74, 6) is 0. The van der Waals surface area contributed by atoms with Gasteiger partial charge < -0.3 is 10.4 Å². The van der Waals surface area contributed by atoms with Crippen molar-refractivity contribution in [2.75, 3.05) is 13.2 Å². The molecule has 1 atom stereocenters. The SMILES string of the molecule is OCC1(Cc2ccc(Cl)cc2)CCCCN1. The van der Waals surface area contributed by atoms with Crippen molar-refractivity contribution in [2.24, 2.45) is 0 Å². The Morgan fingerprint density at radius 2 is 2.00 bits per heavy atom. The van der Waals surface area contributed by atoms with E-state index in [2.05, 4.69) is 5.32 Å². The summed E-state index contributed by atoms with van der Waals surface area (Å²) < 4.78 is 0. The fraction of sp³-hybridized carbons (Fsp3) is 0.538. The zero-order chi connectivity index (χ0) is 11.4. The van der Waals surface area contributed by atoms with Crippen LogP contribution in [0.15, 0.2) is 24.3 Å². The van der Waals surface area contributed by atoms with Gasteiger partial charge >= 0.3 is 0 Å². The first-order valence-electron chi connectivity index (χ1n) is 5.84. The van der Waals surface area contributed by atoms with Crippen LogP contribution in [0.5, 0.6) is 0 Å². The first-order chi connectivity index (χ1) is 7.74. The summed E-state index contributed by atoms with van der Waals surface area (Å²) in [6.07, 6.45) is 4.33. The van der Waals surface area contributed by atoms with Crippen molar-refractivity contribution in [1.82, 2.24) is 5.32 Å². The molecule has 2 rings (SSSR count). The van der Waals surface area contributed by atoms with E-state index in [4.69, 9.17) is 11.6 Å². The molecule has 3 heteroatoms. The number of hydrogen-bond acceptors (Lipinski definition) is 2. The molecule has 1 aromatic carbocycles. The third-order valence-electron chi connectivity index (χ3n) is 3.34. The molecule has 16 heavy (non-hydrogen) atoms. The van der Waals surface area contributed by atoms with Gasteiger partial charge in [-0.05, 0) is 43.5 Å². The fourth-order valence-corrected chi connectivity index (χ4v) is 2.49. The quantitative estimate of drug-likeness (QED) is 0.849. The highest BCUT2D eigenvalue weighted by atomic mass is 35.5. The Morgan fingerprint density at radius 3 is 2.56 bits per heavy atom. The van der Waals surface area contributed by atoms with Gasteiger partial charge in [-0.25, -0.2) is 0 Å². The molecule has 2 nitrogen and oxygen atoms in total. The number of halogens is 1. The third-order valence-corrected chi connectivity index (χ3v) is 3.59. The maximum Gasteiger partial charge on any atom is 0.0616 e. The van der Waals surface area contributed by atoms with Crippen molar-refractivity contribution in [3.05, 3.63) is 34.9 Å². The van der Waals surface area contributed by atoms with Crippen LogP contribution < -0.4 is 5.32 Å². The summed E-state index contributed by atoms with van der Waals surface area (Å²) >= 11 is 5.86. The molecule has 1 aliphatic rings. The van der Waals surface area contributed by atoms with E-state index >= 15 is 0 Å². The number of aliphatic hydroxyl groups excluding tert-OH is 1. The Labute approximate surface area is 102 Å². The van der Waals surface area contributed by atoms with Crippen LogP contribution in [-0.2, 0) is 6.42 Å². The first-order valence-corrected chi connectivity index (χ1v) is 6.22. The second-order valence-corrected chi connectivity index (χ2v) is 5.06. The molecular formula is C13H18ClNO. The minimum absolute atomic E-state index is 0.119. The van der Waals surface area contributed by atoms with E-state index in [1.165, 1.54) is 18.4 Å². The number of aliphatic hydroxyl groups is 1. The van der Waals surface area contributed by atoms with Crippen molar-refractivity contribution < 1.29 is 5.11 Å². The largest absolute Gasteiger partial charge is 0.394 e.